The molecular weight excluding hydrogens is 348 g/mol. The van der Waals surface area contributed by atoms with E-state index in [0.29, 0.717) is 18.5 Å². The number of carbonyl (C=O) groups is 2. The van der Waals surface area contributed by atoms with Gasteiger partial charge in [0.05, 0.1) is 37.8 Å². The predicted molar refractivity (Wildman–Crippen MR) is 98.8 cm³/mol. The minimum atomic E-state index is -0.426. The van der Waals surface area contributed by atoms with E-state index in [2.05, 4.69) is 0 Å². The zero-order chi connectivity index (χ0) is 19.0. The molecule has 0 unspecified atom stereocenters. The first kappa shape index (κ1) is 17.7. The van der Waals surface area contributed by atoms with Gasteiger partial charge in [-0.15, -0.1) is 0 Å². The molecule has 1 aromatic carbocycles. The second-order valence-electron chi connectivity index (χ2n) is 6.87. The SMILES string of the molecule is CCOC(=O)C[C@@H]1COCCN1C(=O)c1cn2c3c(cccc3c1=O)CC2. The molecule has 0 bridgehead atoms. The van der Waals surface area contributed by atoms with E-state index in [1.807, 2.05) is 16.7 Å². The van der Waals surface area contributed by atoms with Crippen molar-refractivity contribution in [3.05, 3.63) is 45.7 Å². The summed E-state index contributed by atoms with van der Waals surface area (Å²) in [7, 11) is 0. The maximum absolute atomic E-state index is 13.2. The van der Waals surface area contributed by atoms with Crippen molar-refractivity contribution in [1.82, 2.24) is 9.47 Å². The van der Waals surface area contributed by atoms with Gasteiger partial charge in [0, 0.05) is 24.7 Å². The molecule has 4 rings (SSSR count). The highest BCUT2D eigenvalue weighted by molar-refractivity contribution is 5.98. The molecule has 2 aliphatic rings. The molecule has 0 spiro atoms. The summed E-state index contributed by atoms with van der Waals surface area (Å²) in [5.74, 6) is -0.718. The highest BCUT2D eigenvalue weighted by atomic mass is 16.5. The fraction of sp³-hybridized carbons (Fsp3) is 0.450. The lowest BCUT2D eigenvalue weighted by Gasteiger charge is -2.35. The lowest BCUT2D eigenvalue weighted by molar-refractivity contribution is -0.145. The Kier molecular flexibility index (Phi) is 4.70. The summed E-state index contributed by atoms with van der Waals surface area (Å²) in [5.41, 5.74) is 1.95. The molecule has 1 atom stereocenters. The van der Waals surface area contributed by atoms with Crippen LogP contribution in [0.3, 0.4) is 0 Å². The lowest BCUT2D eigenvalue weighted by Crippen LogP contribution is -2.50. The maximum Gasteiger partial charge on any atom is 0.307 e. The molecule has 27 heavy (non-hydrogen) atoms. The number of ether oxygens (including phenoxy) is 2. The molecule has 3 heterocycles. The van der Waals surface area contributed by atoms with E-state index in [9.17, 15) is 14.4 Å². The van der Waals surface area contributed by atoms with E-state index >= 15 is 0 Å². The van der Waals surface area contributed by atoms with Gasteiger partial charge in [0.15, 0.2) is 0 Å². The number of benzene rings is 1. The van der Waals surface area contributed by atoms with Crippen LogP contribution in [0.5, 0.6) is 0 Å². The van der Waals surface area contributed by atoms with Crippen LogP contribution in [0.1, 0.15) is 29.3 Å². The Labute approximate surface area is 156 Å². The molecule has 1 saturated heterocycles. The number of aromatic nitrogens is 1. The zero-order valence-electron chi connectivity index (χ0n) is 15.3. The van der Waals surface area contributed by atoms with Crippen molar-refractivity contribution in [2.75, 3.05) is 26.4 Å². The van der Waals surface area contributed by atoms with E-state index in [0.717, 1.165) is 24.0 Å². The van der Waals surface area contributed by atoms with Gasteiger partial charge in [-0.3, -0.25) is 14.4 Å². The molecule has 2 aliphatic heterocycles. The Morgan fingerprint density at radius 1 is 1.30 bits per heavy atom. The smallest absolute Gasteiger partial charge is 0.307 e. The second kappa shape index (κ2) is 7.15. The van der Waals surface area contributed by atoms with Crippen molar-refractivity contribution in [3.8, 4) is 0 Å². The van der Waals surface area contributed by atoms with Gasteiger partial charge in [0.1, 0.15) is 5.56 Å². The second-order valence-corrected chi connectivity index (χ2v) is 6.87. The third-order valence-corrected chi connectivity index (χ3v) is 5.23. The maximum atomic E-state index is 13.2. The number of aryl methyl sites for hydroxylation is 2. The molecule has 7 heteroatoms. The summed E-state index contributed by atoms with van der Waals surface area (Å²) in [5, 5.41) is 0.575. The molecule has 1 amide bonds. The molecule has 142 valence electrons. The van der Waals surface area contributed by atoms with Gasteiger partial charge < -0.3 is 18.9 Å². The Morgan fingerprint density at radius 2 is 2.15 bits per heavy atom. The summed E-state index contributed by atoms with van der Waals surface area (Å²) in [4.78, 5) is 39.7. The number of amides is 1. The van der Waals surface area contributed by atoms with E-state index < -0.39 is 6.04 Å². The summed E-state index contributed by atoms with van der Waals surface area (Å²) >= 11 is 0. The molecule has 1 fully saturated rings. The Morgan fingerprint density at radius 3 is 2.96 bits per heavy atom. The molecular formula is C20H22N2O5. The largest absolute Gasteiger partial charge is 0.466 e. The summed E-state index contributed by atoms with van der Waals surface area (Å²) in [6.07, 6.45) is 2.59. The number of hydrogen-bond acceptors (Lipinski definition) is 5. The highest BCUT2D eigenvalue weighted by Crippen LogP contribution is 2.24. The predicted octanol–water partition coefficient (Wildman–Crippen LogP) is 1.35. The summed E-state index contributed by atoms with van der Waals surface area (Å²) in [6, 6.07) is 5.23. The van der Waals surface area contributed by atoms with Crippen LogP contribution < -0.4 is 5.43 Å². The molecule has 1 aromatic heterocycles. The number of para-hydroxylation sites is 1. The van der Waals surface area contributed by atoms with Crippen molar-refractivity contribution in [3.63, 3.8) is 0 Å². The van der Waals surface area contributed by atoms with Crippen molar-refractivity contribution in [2.45, 2.75) is 32.4 Å². The van der Waals surface area contributed by atoms with Crippen LogP contribution in [0.4, 0.5) is 0 Å². The van der Waals surface area contributed by atoms with Crippen LogP contribution >= 0.6 is 0 Å². The number of esters is 1. The Balaban J connectivity index is 1.69. The zero-order valence-corrected chi connectivity index (χ0v) is 15.3. The van der Waals surface area contributed by atoms with Crippen molar-refractivity contribution in [2.24, 2.45) is 0 Å². The van der Waals surface area contributed by atoms with Crippen LogP contribution in [0.15, 0.2) is 29.2 Å². The van der Waals surface area contributed by atoms with E-state index in [-0.39, 0.29) is 42.5 Å². The average Bonchev–Trinajstić information content (AvgIpc) is 3.09. The normalized spacial score (nSPS) is 18.7. The first-order chi connectivity index (χ1) is 13.1. The molecule has 0 saturated carbocycles. The van der Waals surface area contributed by atoms with E-state index in [1.54, 1.807) is 24.1 Å². The summed E-state index contributed by atoms with van der Waals surface area (Å²) < 4.78 is 12.4. The third-order valence-electron chi connectivity index (χ3n) is 5.23. The minimum absolute atomic E-state index is 0.0610. The number of morpholine rings is 1. The van der Waals surface area contributed by atoms with E-state index in [1.165, 1.54) is 0 Å². The number of nitrogens with zero attached hydrogens (tertiary/aromatic N) is 2. The molecule has 7 nitrogen and oxygen atoms in total. The summed E-state index contributed by atoms with van der Waals surface area (Å²) in [6.45, 7) is 3.78. The van der Waals surface area contributed by atoms with Gasteiger partial charge in [-0.05, 0) is 25.0 Å². The van der Waals surface area contributed by atoms with Gasteiger partial charge in [-0.25, -0.2) is 0 Å². The quantitative estimate of drug-likeness (QED) is 0.760. The molecule has 0 aliphatic carbocycles. The van der Waals surface area contributed by atoms with Gasteiger partial charge in [0.25, 0.3) is 5.91 Å². The lowest BCUT2D eigenvalue weighted by atomic mass is 10.1. The highest BCUT2D eigenvalue weighted by Gasteiger charge is 2.32. The first-order valence-corrected chi connectivity index (χ1v) is 9.29. The van der Waals surface area contributed by atoms with Crippen LogP contribution in [0.25, 0.3) is 10.9 Å². The number of rotatable bonds is 4. The Bertz CT molecular complexity index is 965. The van der Waals surface area contributed by atoms with Crippen LogP contribution in [-0.2, 0) is 27.2 Å². The fourth-order valence-corrected chi connectivity index (χ4v) is 3.97. The molecule has 0 N–H and O–H groups in total. The number of pyridine rings is 1. The van der Waals surface area contributed by atoms with Gasteiger partial charge in [-0.2, -0.15) is 0 Å². The van der Waals surface area contributed by atoms with Crippen LogP contribution in [0.2, 0.25) is 0 Å². The third kappa shape index (κ3) is 3.12. The van der Waals surface area contributed by atoms with Gasteiger partial charge >= 0.3 is 5.97 Å². The monoisotopic (exact) mass is 370 g/mol. The number of carbonyl (C=O) groups excluding carboxylic acids is 2. The van der Waals surface area contributed by atoms with Crippen molar-refractivity contribution >= 4 is 22.8 Å². The fourth-order valence-electron chi connectivity index (χ4n) is 3.97. The first-order valence-electron chi connectivity index (χ1n) is 9.29. The number of hydrogen-bond donors (Lipinski definition) is 0. The van der Waals surface area contributed by atoms with E-state index in [4.69, 9.17) is 9.47 Å². The van der Waals surface area contributed by atoms with Crippen LogP contribution in [0, 0.1) is 0 Å². The van der Waals surface area contributed by atoms with Gasteiger partial charge in [-0.1, -0.05) is 12.1 Å². The molecule has 2 aromatic rings. The van der Waals surface area contributed by atoms with Crippen molar-refractivity contribution < 1.29 is 19.1 Å². The minimum Gasteiger partial charge on any atom is -0.466 e. The standard InChI is InChI=1S/C20H22N2O5/c1-2-27-17(23)10-14-12-26-9-8-22(14)20(25)16-11-21-7-6-13-4-3-5-15(18(13)21)19(16)24/h3-5,11,14H,2,6-10,12H2,1H3/t14-/m1/s1. The van der Waals surface area contributed by atoms with Gasteiger partial charge in [0.2, 0.25) is 5.43 Å². The average molecular weight is 370 g/mol. The Hall–Kier alpha value is -2.67. The van der Waals surface area contributed by atoms with Crippen LogP contribution in [-0.4, -0.2) is 53.8 Å². The topological polar surface area (TPSA) is 77.8 Å². The van der Waals surface area contributed by atoms with Crippen molar-refractivity contribution in [1.29, 1.82) is 0 Å². The molecule has 0 radical (unpaired) electrons.